The van der Waals surface area contributed by atoms with E-state index in [9.17, 15) is 5.11 Å². The Morgan fingerprint density at radius 2 is 1.15 bits per heavy atom. The molecule has 0 saturated heterocycles. The van der Waals surface area contributed by atoms with Gasteiger partial charge in [-0.2, -0.15) is 0 Å². The third-order valence-electron chi connectivity index (χ3n) is 5.47. The standard InChI is InChI=1S/C28H35O5P/c1-8-32-22-16-12-17-23(33-9-2)27(22)34(26-20(30-6)14-11-15-21(26)31-7)24-18-10-13-19(25(24)29)28(3,4)5/h10-18,29H,8-9H2,1-7H3. The lowest BCUT2D eigenvalue weighted by Crippen LogP contribution is -2.27. The van der Waals surface area contributed by atoms with Gasteiger partial charge in [-0.15, -0.1) is 0 Å². The highest BCUT2D eigenvalue weighted by Crippen LogP contribution is 2.48. The number of para-hydroxylation sites is 1. The Bertz CT molecular complexity index is 1070. The fraction of sp³-hybridized carbons (Fsp3) is 0.357. The van der Waals surface area contributed by atoms with Crippen LogP contribution in [0.3, 0.4) is 0 Å². The molecule has 0 amide bonds. The van der Waals surface area contributed by atoms with Crippen LogP contribution in [0.15, 0.2) is 54.6 Å². The first-order valence-corrected chi connectivity index (χ1v) is 12.8. The van der Waals surface area contributed by atoms with E-state index in [1.807, 2.05) is 68.4 Å². The smallest absolute Gasteiger partial charge is 0.131 e. The van der Waals surface area contributed by atoms with E-state index in [0.29, 0.717) is 36.2 Å². The van der Waals surface area contributed by atoms with E-state index >= 15 is 0 Å². The lowest BCUT2D eigenvalue weighted by atomic mass is 9.86. The molecule has 3 rings (SSSR count). The molecule has 182 valence electrons. The first-order valence-electron chi connectivity index (χ1n) is 11.5. The van der Waals surface area contributed by atoms with Crippen LogP contribution in [-0.4, -0.2) is 32.5 Å². The maximum Gasteiger partial charge on any atom is 0.131 e. The average molecular weight is 483 g/mol. The van der Waals surface area contributed by atoms with Gasteiger partial charge in [0.2, 0.25) is 0 Å². The van der Waals surface area contributed by atoms with Crippen LogP contribution < -0.4 is 34.9 Å². The third kappa shape index (κ3) is 5.10. The molecule has 0 saturated carbocycles. The van der Waals surface area contributed by atoms with Crippen LogP contribution >= 0.6 is 7.92 Å². The number of phenolic OH excluding ortho intramolecular Hbond substituents is 1. The molecule has 0 aliphatic carbocycles. The maximum atomic E-state index is 11.6. The van der Waals surface area contributed by atoms with Gasteiger partial charge >= 0.3 is 0 Å². The van der Waals surface area contributed by atoms with Crippen molar-refractivity contribution in [3.8, 4) is 28.7 Å². The second-order valence-electron chi connectivity index (χ2n) is 8.74. The molecule has 0 aliphatic rings. The minimum atomic E-state index is -1.40. The number of rotatable bonds is 9. The molecule has 6 heteroatoms. The lowest BCUT2D eigenvalue weighted by Gasteiger charge is -2.29. The average Bonchev–Trinajstić information content (AvgIpc) is 2.81. The zero-order chi connectivity index (χ0) is 24.9. The van der Waals surface area contributed by atoms with Crippen molar-refractivity contribution in [3.05, 3.63) is 60.2 Å². The zero-order valence-corrected chi connectivity index (χ0v) is 22.0. The van der Waals surface area contributed by atoms with Crippen molar-refractivity contribution in [2.75, 3.05) is 27.4 Å². The molecular weight excluding hydrogens is 447 g/mol. The van der Waals surface area contributed by atoms with Gasteiger partial charge in [0.25, 0.3) is 0 Å². The number of phenols is 1. The van der Waals surface area contributed by atoms with Crippen molar-refractivity contribution in [2.45, 2.75) is 40.0 Å². The van der Waals surface area contributed by atoms with Gasteiger partial charge in [-0.1, -0.05) is 51.1 Å². The van der Waals surface area contributed by atoms with Gasteiger partial charge in [0.05, 0.1) is 38.0 Å². The number of hydrogen-bond acceptors (Lipinski definition) is 5. The summed E-state index contributed by atoms with van der Waals surface area (Å²) in [6.07, 6.45) is 0. The summed E-state index contributed by atoms with van der Waals surface area (Å²) in [5.74, 6) is 3.06. The molecular formula is C28H35O5P. The zero-order valence-electron chi connectivity index (χ0n) is 21.1. The predicted molar refractivity (Wildman–Crippen MR) is 141 cm³/mol. The topological polar surface area (TPSA) is 57.2 Å². The van der Waals surface area contributed by atoms with Crippen LogP contribution in [0.5, 0.6) is 28.7 Å². The van der Waals surface area contributed by atoms with Crippen molar-refractivity contribution < 1.29 is 24.1 Å². The first kappa shape index (κ1) is 25.7. The Morgan fingerprint density at radius 1 is 0.706 bits per heavy atom. The summed E-state index contributed by atoms with van der Waals surface area (Å²) in [5, 5.41) is 14.2. The summed E-state index contributed by atoms with van der Waals surface area (Å²) in [5.41, 5.74) is 0.631. The normalized spacial score (nSPS) is 12.2. The molecule has 1 atom stereocenters. The summed E-state index contributed by atoms with van der Waals surface area (Å²) in [6, 6.07) is 17.5. The summed E-state index contributed by atoms with van der Waals surface area (Å²) in [6.45, 7) is 11.2. The van der Waals surface area contributed by atoms with E-state index in [2.05, 4.69) is 20.8 Å². The van der Waals surface area contributed by atoms with E-state index in [1.165, 1.54) is 0 Å². The molecule has 1 unspecified atom stereocenters. The summed E-state index contributed by atoms with van der Waals surface area (Å²) in [7, 11) is 1.90. The molecule has 0 aromatic heterocycles. The Labute approximate surface area is 204 Å². The quantitative estimate of drug-likeness (QED) is 0.422. The molecule has 0 aliphatic heterocycles. The summed E-state index contributed by atoms with van der Waals surface area (Å²) in [4.78, 5) is 0. The van der Waals surface area contributed by atoms with Crippen LogP contribution in [0, 0.1) is 0 Å². The highest BCUT2D eigenvalue weighted by Gasteiger charge is 2.33. The monoisotopic (exact) mass is 482 g/mol. The van der Waals surface area contributed by atoms with Gasteiger partial charge in [0.15, 0.2) is 0 Å². The van der Waals surface area contributed by atoms with Gasteiger partial charge in [-0.25, -0.2) is 0 Å². The summed E-state index contributed by atoms with van der Waals surface area (Å²) >= 11 is 0. The molecule has 0 spiro atoms. The van der Waals surface area contributed by atoms with E-state index in [0.717, 1.165) is 21.5 Å². The first-order chi connectivity index (χ1) is 16.3. The molecule has 0 heterocycles. The van der Waals surface area contributed by atoms with Gasteiger partial charge in [0, 0.05) is 13.2 Å². The number of benzene rings is 3. The van der Waals surface area contributed by atoms with Crippen LogP contribution in [0.25, 0.3) is 0 Å². The number of methoxy groups -OCH3 is 2. The van der Waals surface area contributed by atoms with Crippen LogP contribution in [0.1, 0.15) is 40.2 Å². The fourth-order valence-corrected chi connectivity index (χ4v) is 6.75. The molecule has 5 nitrogen and oxygen atoms in total. The van der Waals surface area contributed by atoms with E-state index in [4.69, 9.17) is 18.9 Å². The molecule has 0 bridgehead atoms. The van der Waals surface area contributed by atoms with E-state index in [-0.39, 0.29) is 11.2 Å². The Morgan fingerprint density at radius 3 is 1.59 bits per heavy atom. The predicted octanol–water partition coefficient (Wildman–Crippen LogP) is 5.26. The van der Waals surface area contributed by atoms with Crippen LogP contribution in [0.4, 0.5) is 0 Å². The van der Waals surface area contributed by atoms with Gasteiger partial charge in [-0.3, -0.25) is 0 Å². The second kappa shape index (κ2) is 11.0. The van der Waals surface area contributed by atoms with E-state index in [1.54, 1.807) is 14.2 Å². The SMILES string of the molecule is CCOc1cccc(OCC)c1P(c1cccc(C(C)(C)C)c1O)c1c(OC)cccc1OC. The molecule has 0 fully saturated rings. The van der Waals surface area contributed by atoms with Crippen LogP contribution in [-0.2, 0) is 5.41 Å². The van der Waals surface area contributed by atoms with Gasteiger partial charge in [0.1, 0.15) is 28.7 Å². The van der Waals surface area contributed by atoms with Crippen molar-refractivity contribution in [1.82, 2.24) is 0 Å². The van der Waals surface area contributed by atoms with Crippen molar-refractivity contribution in [2.24, 2.45) is 0 Å². The Balaban J connectivity index is 2.48. The third-order valence-corrected chi connectivity index (χ3v) is 8.09. The van der Waals surface area contributed by atoms with Gasteiger partial charge < -0.3 is 24.1 Å². The Hall–Kier alpha value is -2.91. The molecule has 3 aromatic rings. The molecule has 1 N–H and O–H groups in total. The second-order valence-corrected chi connectivity index (χ2v) is 10.8. The number of aromatic hydroxyl groups is 1. The van der Waals surface area contributed by atoms with E-state index < -0.39 is 7.92 Å². The molecule has 0 radical (unpaired) electrons. The number of ether oxygens (including phenoxy) is 4. The number of hydrogen-bond donors (Lipinski definition) is 1. The highest BCUT2D eigenvalue weighted by atomic mass is 31.1. The highest BCUT2D eigenvalue weighted by molar-refractivity contribution is 7.80. The van der Waals surface area contributed by atoms with Crippen molar-refractivity contribution in [1.29, 1.82) is 0 Å². The van der Waals surface area contributed by atoms with Crippen molar-refractivity contribution >= 4 is 23.8 Å². The van der Waals surface area contributed by atoms with Gasteiger partial charge in [-0.05, 0) is 49.1 Å². The van der Waals surface area contributed by atoms with Crippen LogP contribution in [0.2, 0.25) is 0 Å². The molecule has 34 heavy (non-hydrogen) atoms. The minimum absolute atomic E-state index is 0.242. The van der Waals surface area contributed by atoms with Crippen molar-refractivity contribution in [3.63, 3.8) is 0 Å². The fourth-order valence-electron chi connectivity index (χ4n) is 3.99. The molecule has 3 aromatic carbocycles. The summed E-state index contributed by atoms with van der Waals surface area (Å²) < 4.78 is 23.9. The Kier molecular flexibility index (Phi) is 8.33. The largest absolute Gasteiger partial charge is 0.507 e. The maximum absolute atomic E-state index is 11.6. The minimum Gasteiger partial charge on any atom is -0.507 e. The lowest BCUT2D eigenvalue weighted by molar-refractivity contribution is 0.328.